The van der Waals surface area contributed by atoms with Gasteiger partial charge in [0.15, 0.2) is 6.10 Å². The largest absolute Gasteiger partial charge is 0.481 e. The fourth-order valence-electron chi connectivity index (χ4n) is 6.64. The van der Waals surface area contributed by atoms with Crippen LogP contribution in [-0.4, -0.2) is 94.4 Å². The van der Waals surface area contributed by atoms with Gasteiger partial charge in [-0.3, -0.25) is 28.9 Å². The van der Waals surface area contributed by atoms with Crippen LogP contribution in [0.15, 0.2) is 29.6 Å². The molecule has 3 rings (SSSR count). The van der Waals surface area contributed by atoms with E-state index in [1.807, 2.05) is 63.9 Å². The summed E-state index contributed by atoms with van der Waals surface area (Å²) < 4.78 is 6.84. The SMILES string of the molecule is CC[C@H](C)[C@H](NC(=O)[C@H]1CCCCN1C)C(=O)N(C)[C@H](C[C@@H](OC(C)=O)c1nc(C(=O)N[C@@H](Cc2ccc(I)cc2)CC(C)C(=O)O)cs1)C(C)C. The number of nitrogens with one attached hydrogen (secondary N) is 2. The zero-order valence-electron chi connectivity index (χ0n) is 31.7. The number of aliphatic carboxylic acids is 1. The highest BCUT2D eigenvalue weighted by Crippen LogP contribution is 2.31. The number of carbonyl (C=O) groups excluding carboxylic acids is 4. The number of amides is 3. The van der Waals surface area contributed by atoms with Crippen LogP contribution in [0.4, 0.5) is 0 Å². The Kier molecular flexibility index (Phi) is 17.0. The van der Waals surface area contributed by atoms with Crippen LogP contribution in [-0.2, 0) is 30.3 Å². The molecule has 0 aliphatic carbocycles. The number of piperidine rings is 1. The van der Waals surface area contributed by atoms with Crippen molar-refractivity contribution in [3.63, 3.8) is 0 Å². The lowest BCUT2D eigenvalue weighted by molar-refractivity contribution is -0.149. The van der Waals surface area contributed by atoms with Gasteiger partial charge in [0, 0.05) is 41.4 Å². The molecule has 1 aliphatic rings. The van der Waals surface area contributed by atoms with E-state index in [2.05, 4.69) is 38.2 Å². The normalized spacial score (nSPS) is 18.4. The molecule has 288 valence electrons. The second-order valence-corrected chi connectivity index (χ2v) is 16.6. The number of likely N-dealkylation sites (tertiary alicyclic amines) is 1. The molecule has 0 saturated carbocycles. The van der Waals surface area contributed by atoms with Crippen LogP contribution in [0, 0.1) is 21.3 Å². The summed E-state index contributed by atoms with van der Waals surface area (Å²) in [5.74, 6) is -3.12. The van der Waals surface area contributed by atoms with Crippen molar-refractivity contribution >= 4 is 63.6 Å². The van der Waals surface area contributed by atoms with Gasteiger partial charge in [-0.05, 0) is 91.4 Å². The number of hydrogen-bond acceptors (Lipinski definition) is 9. The zero-order valence-corrected chi connectivity index (χ0v) is 34.7. The van der Waals surface area contributed by atoms with E-state index >= 15 is 0 Å². The fourth-order valence-corrected chi connectivity index (χ4v) is 7.84. The quantitative estimate of drug-likeness (QED) is 0.127. The molecule has 12 nitrogen and oxygen atoms in total. The first-order valence-electron chi connectivity index (χ1n) is 18.2. The number of hydrogen-bond donors (Lipinski definition) is 3. The Bertz CT molecular complexity index is 1520. The summed E-state index contributed by atoms with van der Waals surface area (Å²) >= 11 is 3.40. The minimum Gasteiger partial charge on any atom is -0.481 e. The summed E-state index contributed by atoms with van der Waals surface area (Å²) in [5, 5.41) is 17.6. The fraction of sp³-hybridized carbons (Fsp3) is 0.632. The first-order chi connectivity index (χ1) is 24.5. The number of carbonyl (C=O) groups is 5. The Hall–Kier alpha value is -3.11. The number of rotatable bonds is 18. The summed E-state index contributed by atoms with van der Waals surface area (Å²) in [7, 11) is 3.66. The molecule has 0 bridgehead atoms. The number of esters is 1. The van der Waals surface area contributed by atoms with Crippen LogP contribution in [0.1, 0.15) is 107 Å². The van der Waals surface area contributed by atoms with Crippen molar-refractivity contribution in [1.29, 1.82) is 0 Å². The molecular formula is C38H56IN5O7S. The molecule has 1 unspecified atom stereocenters. The van der Waals surface area contributed by atoms with E-state index in [1.54, 1.807) is 24.3 Å². The van der Waals surface area contributed by atoms with Gasteiger partial charge in [0.05, 0.1) is 12.0 Å². The van der Waals surface area contributed by atoms with Gasteiger partial charge < -0.3 is 25.4 Å². The number of likely N-dealkylation sites (N-methyl/N-ethyl adjacent to an activating group) is 2. The molecule has 3 amide bonds. The molecule has 3 N–H and O–H groups in total. The van der Waals surface area contributed by atoms with Crippen molar-refractivity contribution in [2.45, 2.75) is 117 Å². The van der Waals surface area contributed by atoms with Crippen molar-refractivity contribution in [3.05, 3.63) is 49.5 Å². The molecule has 1 aromatic carbocycles. The van der Waals surface area contributed by atoms with Crippen LogP contribution in [0.2, 0.25) is 0 Å². The van der Waals surface area contributed by atoms with Crippen molar-refractivity contribution in [3.8, 4) is 0 Å². The molecule has 1 aromatic heterocycles. The molecule has 14 heteroatoms. The van der Waals surface area contributed by atoms with Crippen molar-refractivity contribution in [1.82, 2.24) is 25.4 Å². The van der Waals surface area contributed by atoms with Gasteiger partial charge in [0.25, 0.3) is 5.91 Å². The number of ether oxygens (including phenoxy) is 1. The highest BCUT2D eigenvalue weighted by atomic mass is 127. The predicted octanol–water partition coefficient (Wildman–Crippen LogP) is 5.69. The van der Waals surface area contributed by atoms with Gasteiger partial charge in [-0.15, -0.1) is 11.3 Å². The molecule has 0 spiro atoms. The van der Waals surface area contributed by atoms with E-state index < -0.39 is 48.0 Å². The Morgan fingerprint density at radius 3 is 2.33 bits per heavy atom. The Morgan fingerprint density at radius 1 is 1.08 bits per heavy atom. The van der Waals surface area contributed by atoms with E-state index in [-0.39, 0.29) is 48.2 Å². The second kappa shape index (κ2) is 20.4. The number of halogens is 1. The van der Waals surface area contributed by atoms with E-state index in [9.17, 15) is 29.1 Å². The molecule has 2 aromatic rings. The number of carboxylic acid groups (broad SMARTS) is 1. The van der Waals surface area contributed by atoms with Crippen LogP contribution in [0.25, 0.3) is 0 Å². The van der Waals surface area contributed by atoms with E-state index in [0.717, 1.165) is 34.9 Å². The van der Waals surface area contributed by atoms with Crippen LogP contribution in [0.3, 0.4) is 0 Å². The van der Waals surface area contributed by atoms with Crippen molar-refractivity contribution in [2.24, 2.45) is 17.8 Å². The van der Waals surface area contributed by atoms with E-state index in [4.69, 9.17) is 4.74 Å². The van der Waals surface area contributed by atoms with Crippen LogP contribution < -0.4 is 10.6 Å². The van der Waals surface area contributed by atoms with Gasteiger partial charge in [0.1, 0.15) is 16.7 Å². The zero-order chi connectivity index (χ0) is 38.7. The third kappa shape index (κ3) is 12.5. The summed E-state index contributed by atoms with van der Waals surface area (Å²) in [6.07, 6.45) is 3.52. The lowest BCUT2D eigenvalue weighted by atomic mass is 9.92. The van der Waals surface area contributed by atoms with E-state index in [0.29, 0.717) is 17.8 Å². The summed E-state index contributed by atoms with van der Waals surface area (Å²) in [6.45, 7) is 11.7. The van der Waals surface area contributed by atoms with Gasteiger partial charge >= 0.3 is 11.9 Å². The molecule has 1 saturated heterocycles. The highest BCUT2D eigenvalue weighted by Gasteiger charge is 2.37. The average molecular weight is 854 g/mol. The van der Waals surface area contributed by atoms with Gasteiger partial charge in [-0.2, -0.15) is 0 Å². The molecule has 0 radical (unpaired) electrons. The Labute approximate surface area is 326 Å². The van der Waals surface area contributed by atoms with Crippen molar-refractivity contribution in [2.75, 3.05) is 20.6 Å². The minimum absolute atomic E-state index is 0.0502. The number of thiazole rings is 1. The number of benzene rings is 1. The maximum Gasteiger partial charge on any atom is 0.306 e. The Balaban J connectivity index is 1.81. The number of nitrogens with zero attached hydrogens (tertiary/aromatic N) is 3. The third-order valence-corrected chi connectivity index (χ3v) is 11.7. The summed E-state index contributed by atoms with van der Waals surface area (Å²) in [6, 6.07) is 5.98. The minimum atomic E-state index is -0.945. The first-order valence-corrected chi connectivity index (χ1v) is 20.2. The first kappa shape index (κ1) is 43.3. The maximum atomic E-state index is 14.2. The second-order valence-electron chi connectivity index (χ2n) is 14.5. The average Bonchev–Trinajstić information content (AvgIpc) is 3.59. The molecule has 52 heavy (non-hydrogen) atoms. The van der Waals surface area contributed by atoms with Crippen LogP contribution in [0.5, 0.6) is 0 Å². The smallest absolute Gasteiger partial charge is 0.306 e. The Morgan fingerprint density at radius 2 is 1.75 bits per heavy atom. The van der Waals surface area contributed by atoms with Gasteiger partial charge in [-0.1, -0.05) is 59.6 Å². The molecular weight excluding hydrogens is 797 g/mol. The maximum absolute atomic E-state index is 14.2. The summed E-state index contributed by atoms with van der Waals surface area (Å²) in [5.41, 5.74) is 1.09. The number of aromatic nitrogens is 1. The molecule has 2 heterocycles. The molecule has 1 fully saturated rings. The molecule has 7 atom stereocenters. The lowest BCUT2D eigenvalue weighted by Crippen LogP contribution is -2.58. The summed E-state index contributed by atoms with van der Waals surface area (Å²) in [4.78, 5) is 73.4. The monoisotopic (exact) mass is 853 g/mol. The molecule has 1 aliphatic heterocycles. The number of carboxylic acids is 1. The van der Waals surface area contributed by atoms with Gasteiger partial charge in [0.2, 0.25) is 11.8 Å². The topological polar surface area (TPSA) is 158 Å². The predicted molar refractivity (Wildman–Crippen MR) is 210 cm³/mol. The van der Waals surface area contributed by atoms with E-state index in [1.165, 1.54) is 18.3 Å². The highest BCUT2D eigenvalue weighted by molar-refractivity contribution is 14.1. The lowest BCUT2D eigenvalue weighted by Gasteiger charge is -2.38. The van der Waals surface area contributed by atoms with Gasteiger partial charge in [-0.25, -0.2) is 4.98 Å². The van der Waals surface area contributed by atoms with Crippen molar-refractivity contribution < 1.29 is 33.8 Å². The van der Waals surface area contributed by atoms with Crippen LogP contribution >= 0.6 is 33.9 Å². The third-order valence-electron chi connectivity index (χ3n) is 10.0. The standard InChI is InChI=1S/C38H56IN5O7S/c1-9-23(4)33(42-35(47)30-12-10-11-17-43(30)7)37(48)44(8)31(22(2)3)20-32(51-25(6)45)36-41-29(21-52-36)34(46)40-28(18-24(5)38(49)50)19-26-13-15-27(39)16-14-26/h13-16,21-24,28,30-33H,9-12,17-20H2,1-8H3,(H,40,46)(H,42,47)(H,49,50)/t23-,24?,28+,30+,31+,32+,33-/m0/s1.